The highest BCUT2D eigenvalue weighted by molar-refractivity contribution is 6.32. The minimum atomic E-state index is 0.612. The van der Waals surface area contributed by atoms with E-state index in [1.165, 1.54) is 33.8 Å². The van der Waals surface area contributed by atoms with Crippen LogP contribution in [0.4, 0.5) is 5.69 Å². The maximum Gasteiger partial charge on any atom is 0.113 e. The van der Waals surface area contributed by atoms with Crippen LogP contribution in [-0.4, -0.2) is 7.85 Å². The molecule has 0 spiro atoms. The van der Waals surface area contributed by atoms with Crippen LogP contribution in [-0.2, 0) is 0 Å². The van der Waals surface area contributed by atoms with Crippen LogP contribution >= 0.6 is 0 Å². The van der Waals surface area contributed by atoms with Crippen molar-refractivity contribution in [1.82, 2.24) is 0 Å². The maximum atomic E-state index is 5.83. The molecule has 0 N–H and O–H groups in total. The van der Waals surface area contributed by atoms with Crippen LogP contribution in [0.1, 0.15) is 37.3 Å². The summed E-state index contributed by atoms with van der Waals surface area (Å²) >= 11 is 0. The van der Waals surface area contributed by atoms with Gasteiger partial charge >= 0.3 is 0 Å². The van der Waals surface area contributed by atoms with E-state index in [-0.39, 0.29) is 0 Å². The second-order valence-electron chi connectivity index (χ2n) is 7.84. The van der Waals surface area contributed by atoms with Crippen molar-refractivity contribution in [2.24, 2.45) is 5.92 Å². The van der Waals surface area contributed by atoms with Gasteiger partial charge in [0.15, 0.2) is 0 Å². The van der Waals surface area contributed by atoms with E-state index >= 15 is 0 Å². The van der Waals surface area contributed by atoms with E-state index in [9.17, 15) is 0 Å². The standard InChI is InChI=1S/C26H26BN/c1-19-3-13-24(14-4-19)28(25-15-5-20(2)6-16-25)26-17-9-22(10-18-26)21-7-11-23(27)12-8-21/h3-5,7-9,11-17,20H,6,10,18H2,1-2H3. The molecule has 2 radical (unpaired) electrons. The second kappa shape index (κ2) is 8.10. The molecule has 0 saturated carbocycles. The molecule has 1 unspecified atom stereocenters. The van der Waals surface area contributed by atoms with E-state index in [4.69, 9.17) is 7.85 Å². The molecule has 4 rings (SSSR count). The predicted molar refractivity (Wildman–Crippen MR) is 122 cm³/mol. The van der Waals surface area contributed by atoms with Crippen LogP contribution in [0.3, 0.4) is 0 Å². The molecule has 2 heteroatoms. The highest BCUT2D eigenvalue weighted by Gasteiger charge is 2.19. The summed E-state index contributed by atoms with van der Waals surface area (Å²) in [6.07, 6.45) is 14.6. The number of hydrogen-bond donors (Lipinski definition) is 0. The number of aryl methyl sites for hydroxylation is 1. The van der Waals surface area contributed by atoms with Gasteiger partial charge < -0.3 is 4.90 Å². The van der Waals surface area contributed by atoms with E-state index in [2.05, 4.69) is 85.5 Å². The van der Waals surface area contributed by atoms with Crippen LogP contribution in [0.25, 0.3) is 5.57 Å². The lowest BCUT2D eigenvalue weighted by Crippen LogP contribution is -2.23. The lowest BCUT2D eigenvalue weighted by Gasteiger charge is -2.32. The van der Waals surface area contributed by atoms with Gasteiger partial charge in [0.2, 0.25) is 0 Å². The Morgan fingerprint density at radius 2 is 1.68 bits per heavy atom. The van der Waals surface area contributed by atoms with E-state index in [1.54, 1.807) is 0 Å². The average molecular weight is 363 g/mol. The van der Waals surface area contributed by atoms with E-state index in [0.29, 0.717) is 5.92 Å². The first-order valence-corrected chi connectivity index (χ1v) is 10.1. The van der Waals surface area contributed by atoms with Crippen molar-refractivity contribution < 1.29 is 0 Å². The van der Waals surface area contributed by atoms with Gasteiger partial charge in [0.25, 0.3) is 0 Å². The van der Waals surface area contributed by atoms with Crippen molar-refractivity contribution in [3.63, 3.8) is 0 Å². The smallest absolute Gasteiger partial charge is 0.113 e. The van der Waals surface area contributed by atoms with Crippen molar-refractivity contribution in [3.05, 3.63) is 101 Å². The lowest BCUT2D eigenvalue weighted by atomic mass is 9.90. The molecule has 2 aliphatic carbocycles. The molecular formula is C26H26BN. The summed E-state index contributed by atoms with van der Waals surface area (Å²) in [5.41, 5.74) is 8.57. The highest BCUT2D eigenvalue weighted by atomic mass is 15.2. The zero-order valence-corrected chi connectivity index (χ0v) is 16.7. The molecule has 2 aromatic rings. The quantitative estimate of drug-likeness (QED) is 0.617. The van der Waals surface area contributed by atoms with E-state index in [1.807, 2.05) is 12.1 Å². The summed E-state index contributed by atoms with van der Waals surface area (Å²) in [4.78, 5) is 2.41. The van der Waals surface area contributed by atoms with Crippen molar-refractivity contribution >= 4 is 24.6 Å². The summed E-state index contributed by atoms with van der Waals surface area (Å²) in [7, 11) is 5.83. The molecule has 2 aliphatic rings. The zero-order chi connectivity index (χ0) is 19.5. The van der Waals surface area contributed by atoms with Crippen LogP contribution < -0.4 is 10.4 Å². The van der Waals surface area contributed by atoms with Gasteiger partial charge in [-0.05, 0) is 67.5 Å². The first-order valence-electron chi connectivity index (χ1n) is 10.1. The fourth-order valence-electron chi connectivity index (χ4n) is 3.81. The second-order valence-corrected chi connectivity index (χ2v) is 7.84. The largest absolute Gasteiger partial charge is 0.315 e. The summed E-state index contributed by atoms with van der Waals surface area (Å²) in [5, 5.41) is 0. The molecule has 0 heterocycles. The van der Waals surface area contributed by atoms with Crippen molar-refractivity contribution in [2.45, 2.75) is 33.1 Å². The first kappa shape index (κ1) is 18.6. The third kappa shape index (κ3) is 4.07. The minimum Gasteiger partial charge on any atom is -0.315 e. The van der Waals surface area contributed by atoms with Gasteiger partial charge in [-0.3, -0.25) is 0 Å². The highest BCUT2D eigenvalue weighted by Crippen LogP contribution is 2.35. The predicted octanol–water partition coefficient (Wildman–Crippen LogP) is 5.84. The molecule has 2 aromatic carbocycles. The average Bonchev–Trinajstić information content (AvgIpc) is 2.72. The van der Waals surface area contributed by atoms with Gasteiger partial charge in [-0.25, -0.2) is 0 Å². The van der Waals surface area contributed by atoms with Gasteiger partial charge in [0, 0.05) is 17.1 Å². The fraction of sp³-hybridized carbons (Fsp3) is 0.231. The third-order valence-electron chi connectivity index (χ3n) is 5.54. The zero-order valence-electron chi connectivity index (χ0n) is 16.7. The Labute approximate surface area is 170 Å². The summed E-state index contributed by atoms with van der Waals surface area (Å²) in [6.45, 7) is 4.40. The Kier molecular flexibility index (Phi) is 5.39. The molecule has 138 valence electrons. The molecule has 0 bridgehead atoms. The third-order valence-corrected chi connectivity index (χ3v) is 5.54. The number of nitrogens with zero attached hydrogens (tertiary/aromatic N) is 1. The molecule has 1 atom stereocenters. The van der Waals surface area contributed by atoms with Crippen LogP contribution in [0.5, 0.6) is 0 Å². The van der Waals surface area contributed by atoms with Gasteiger partial charge in [-0.2, -0.15) is 0 Å². The van der Waals surface area contributed by atoms with E-state index < -0.39 is 0 Å². The molecule has 0 aromatic heterocycles. The van der Waals surface area contributed by atoms with Crippen molar-refractivity contribution in [2.75, 3.05) is 4.90 Å². The number of hydrogen-bond acceptors (Lipinski definition) is 1. The Hall–Kier alpha value is -2.74. The lowest BCUT2D eigenvalue weighted by molar-refractivity contribution is 0.725. The number of allylic oxidation sites excluding steroid dienone is 7. The van der Waals surface area contributed by atoms with Gasteiger partial charge in [0.05, 0.1) is 0 Å². The molecule has 1 nitrogen and oxygen atoms in total. The minimum absolute atomic E-state index is 0.612. The van der Waals surface area contributed by atoms with Crippen LogP contribution in [0.2, 0.25) is 0 Å². The summed E-state index contributed by atoms with van der Waals surface area (Å²) < 4.78 is 0. The Balaban J connectivity index is 1.68. The molecule has 0 fully saturated rings. The molecule has 0 amide bonds. The number of benzene rings is 2. The Bertz CT molecular complexity index is 958. The number of anilines is 1. The summed E-state index contributed by atoms with van der Waals surface area (Å²) in [6, 6.07) is 17.0. The summed E-state index contributed by atoms with van der Waals surface area (Å²) in [5.74, 6) is 0.612. The number of rotatable bonds is 4. The van der Waals surface area contributed by atoms with E-state index in [0.717, 1.165) is 24.7 Å². The molecular weight excluding hydrogens is 337 g/mol. The maximum absolute atomic E-state index is 5.83. The Morgan fingerprint density at radius 3 is 2.29 bits per heavy atom. The van der Waals surface area contributed by atoms with Gasteiger partial charge in [-0.1, -0.05) is 72.6 Å². The van der Waals surface area contributed by atoms with Crippen molar-refractivity contribution in [3.8, 4) is 0 Å². The molecule has 28 heavy (non-hydrogen) atoms. The topological polar surface area (TPSA) is 3.24 Å². The monoisotopic (exact) mass is 363 g/mol. The van der Waals surface area contributed by atoms with Gasteiger partial charge in [0.1, 0.15) is 7.85 Å². The molecule has 0 saturated heterocycles. The fourth-order valence-corrected chi connectivity index (χ4v) is 3.81. The normalized spacial score (nSPS) is 18.9. The van der Waals surface area contributed by atoms with Crippen LogP contribution in [0, 0.1) is 12.8 Å². The first-order chi connectivity index (χ1) is 13.6. The SMILES string of the molecule is [B]c1ccc(C2=CC=C(N(C3=CCC(C)C=C3)c3ccc(C)cc3)CC2)cc1. The van der Waals surface area contributed by atoms with Gasteiger partial charge in [-0.15, -0.1) is 0 Å². The van der Waals surface area contributed by atoms with Crippen LogP contribution in [0.15, 0.2) is 90.3 Å². The Morgan fingerprint density at radius 1 is 0.929 bits per heavy atom. The molecule has 0 aliphatic heterocycles. The van der Waals surface area contributed by atoms with Crippen molar-refractivity contribution in [1.29, 1.82) is 0 Å².